The first-order chi connectivity index (χ1) is 12.6. The van der Waals surface area contributed by atoms with Crippen molar-refractivity contribution in [1.29, 1.82) is 0 Å². The number of hydrogen-bond acceptors (Lipinski definition) is 3. The van der Waals surface area contributed by atoms with Gasteiger partial charge in [0, 0.05) is 29.1 Å². The third-order valence-electron chi connectivity index (χ3n) is 4.69. The van der Waals surface area contributed by atoms with Gasteiger partial charge in [0.25, 0.3) is 0 Å². The summed E-state index contributed by atoms with van der Waals surface area (Å²) in [5, 5.41) is 0. The maximum atomic E-state index is 12.5. The summed E-state index contributed by atoms with van der Waals surface area (Å²) in [4.78, 5) is 23.4. The summed E-state index contributed by atoms with van der Waals surface area (Å²) in [6, 6.07) is 17.4. The maximum absolute atomic E-state index is 12.5. The molecule has 1 aromatic heterocycles. The Morgan fingerprint density at radius 1 is 1.00 bits per heavy atom. The Hall–Kier alpha value is -3.14. The van der Waals surface area contributed by atoms with Gasteiger partial charge in [0.2, 0.25) is 0 Å². The number of ether oxygens (including phenoxy) is 1. The standard InChI is InChI=1S/C22H21NO3/c1-15-20(19-11-9-18(14-24)10-12-19)21(22(25)26-3)16(2)23(15)13-17-7-5-4-6-8-17/h4-12,14H,13H2,1-3H3. The molecule has 0 aliphatic heterocycles. The van der Waals surface area contributed by atoms with Crippen molar-refractivity contribution in [1.82, 2.24) is 4.57 Å². The topological polar surface area (TPSA) is 48.3 Å². The summed E-state index contributed by atoms with van der Waals surface area (Å²) in [6.07, 6.45) is 0.809. The van der Waals surface area contributed by atoms with Crippen LogP contribution in [0.15, 0.2) is 54.6 Å². The Balaban J connectivity index is 2.16. The van der Waals surface area contributed by atoms with E-state index in [1.165, 1.54) is 7.11 Å². The van der Waals surface area contributed by atoms with E-state index in [4.69, 9.17) is 4.74 Å². The summed E-state index contributed by atoms with van der Waals surface area (Å²) in [5.74, 6) is -0.355. The molecule has 2 aromatic carbocycles. The Labute approximate surface area is 153 Å². The van der Waals surface area contributed by atoms with E-state index in [2.05, 4.69) is 16.7 Å². The highest BCUT2D eigenvalue weighted by molar-refractivity contribution is 6.00. The average molecular weight is 347 g/mol. The van der Waals surface area contributed by atoms with Crippen LogP contribution >= 0.6 is 0 Å². The largest absolute Gasteiger partial charge is 0.465 e. The molecule has 0 radical (unpaired) electrons. The van der Waals surface area contributed by atoms with Gasteiger partial charge in [-0.15, -0.1) is 0 Å². The lowest BCUT2D eigenvalue weighted by Crippen LogP contribution is -2.07. The third-order valence-corrected chi connectivity index (χ3v) is 4.69. The van der Waals surface area contributed by atoms with Crippen molar-refractivity contribution < 1.29 is 14.3 Å². The Bertz CT molecular complexity index is 938. The number of nitrogens with zero attached hydrogens (tertiary/aromatic N) is 1. The van der Waals surface area contributed by atoms with E-state index in [1.54, 1.807) is 12.1 Å². The molecular weight excluding hydrogens is 326 g/mol. The number of aldehydes is 1. The molecule has 3 rings (SSSR count). The SMILES string of the molecule is COC(=O)c1c(-c2ccc(C=O)cc2)c(C)n(Cc2ccccc2)c1C. The zero-order chi connectivity index (χ0) is 18.7. The van der Waals surface area contributed by atoms with Crippen molar-refractivity contribution in [2.24, 2.45) is 0 Å². The molecule has 0 saturated heterocycles. The van der Waals surface area contributed by atoms with Crippen LogP contribution in [-0.2, 0) is 11.3 Å². The molecule has 0 saturated carbocycles. The summed E-state index contributed by atoms with van der Waals surface area (Å²) in [6.45, 7) is 4.62. The zero-order valence-electron chi connectivity index (χ0n) is 15.2. The molecule has 0 bridgehead atoms. The first kappa shape index (κ1) is 17.7. The average Bonchev–Trinajstić information content (AvgIpc) is 2.93. The highest BCUT2D eigenvalue weighted by Gasteiger charge is 2.24. The second-order valence-electron chi connectivity index (χ2n) is 6.22. The number of esters is 1. The monoisotopic (exact) mass is 347 g/mol. The summed E-state index contributed by atoms with van der Waals surface area (Å²) in [7, 11) is 1.39. The molecule has 0 amide bonds. The quantitative estimate of drug-likeness (QED) is 0.507. The fourth-order valence-corrected chi connectivity index (χ4v) is 3.32. The van der Waals surface area contributed by atoms with Gasteiger partial charge in [0.15, 0.2) is 0 Å². The van der Waals surface area contributed by atoms with Crippen LogP contribution in [0, 0.1) is 13.8 Å². The van der Waals surface area contributed by atoms with Gasteiger partial charge < -0.3 is 9.30 Å². The Kier molecular flexibility index (Phi) is 5.03. The van der Waals surface area contributed by atoms with Crippen molar-refractivity contribution in [3.05, 3.63) is 82.7 Å². The summed E-state index contributed by atoms with van der Waals surface area (Å²) < 4.78 is 7.16. The van der Waals surface area contributed by atoms with E-state index in [0.29, 0.717) is 17.7 Å². The van der Waals surface area contributed by atoms with Crippen LogP contribution in [0.25, 0.3) is 11.1 Å². The van der Waals surface area contributed by atoms with Gasteiger partial charge in [-0.05, 0) is 25.0 Å². The van der Waals surface area contributed by atoms with Crippen LogP contribution in [0.4, 0.5) is 0 Å². The van der Waals surface area contributed by atoms with Gasteiger partial charge in [-0.1, -0.05) is 54.6 Å². The van der Waals surface area contributed by atoms with Crippen molar-refractivity contribution in [2.75, 3.05) is 7.11 Å². The second-order valence-corrected chi connectivity index (χ2v) is 6.22. The fraction of sp³-hybridized carbons (Fsp3) is 0.182. The molecule has 3 aromatic rings. The molecule has 4 nitrogen and oxygen atoms in total. The number of aromatic nitrogens is 1. The smallest absolute Gasteiger partial charge is 0.340 e. The maximum Gasteiger partial charge on any atom is 0.340 e. The van der Waals surface area contributed by atoms with Crippen LogP contribution in [0.2, 0.25) is 0 Å². The summed E-state index contributed by atoms with van der Waals surface area (Å²) in [5.41, 5.74) is 5.93. The van der Waals surface area contributed by atoms with Gasteiger partial charge >= 0.3 is 5.97 Å². The minimum Gasteiger partial charge on any atom is -0.465 e. The van der Waals surface area contributed by atoms with Crippen LogP contribution in [-0.4, -0.2) is 23.9 Å². The molecule has 0 aliphatic carbocycles. The number of hydrogen-bond donors (Lipinski definition) is 0. The number of carbonyl (C=O) groups excluding carboxylic acids is 2. The molecule has 0 unspecified atom stereocenters. The predicted molar refractivity (Wildman–Crippen MR) is 102 cm³/mol. The minimum atomic E-state index is -0.355. The molecular formula is C22H21NO3. The zero-order valence-corrected chi connectivity index (χ0v) is 15.2. The molecule has 4 heteroatoms. The van der Waals surface area contributed by atoms with Crippen molar-refractivity contribution in [2.45, 2.75) is 20.4 Å². The first-order valence-corrected chi connectivity index (χ1v) is 8.44. The molecule has 1 heterocycles. The number of rotatable bonds is 5. The normalized spacial score (nSPS) is 10.6. The lowest BCUT2D eigenvalue weighted by Gasteiger charge is -2.10. The molecule has 26 heavy (non-hydrogen) atoms. The highest BCUT2D eigenvalue weighted by atomic mass is 16.5. The molecule has 0 spiro atoms. The van der Waals surface area contributed by atoms with Gasteiger partial charge in [-0.25, -0.2) is 4.79 Å². The number of benzene rings is 2. The molecule has 0 fully saturated rings. The van der Waals surface area contributed by atoms with Gasteiger partial charge in [-0.2, -0.15) is 0 Å². The lowest BCUT2D eigenvalue weighted by molar-refractivity contribution is 0.0600. The van der Waals surface area contributed by atoms with E-state index in [1.807, 2.05) is 44.2 Å². The lowest BCUT2D eigenvalue weighted by atomic mass is 9.99. The third kappa shape index (κ3) is 3.18. The minimum absolute atomic E-state index is 0.355. The van der Waals surface area contributed by atoms with E-state index in [9.17, 15) is 9.59 Å². The number of methoxy groups -OCH3 is 1. The highest BCUT2D eigenvalue weighted by Crippen LogP contribution is 2.33. The van der Waals surface area contributed by atoms with Gasteiger partial charge in [-0.3, -0.25) is 4.79 Å². The van der Waals surface area contributed by atoms with Crippen molar-refractivity contribution in [3.63, 3.8) is 0 Å². The molecule has 0 atom stereocenters. The van der Waals surface area contributed by atoms with Crippen LogP contribution in [0.3, 0.4) is 0 Å². The first-order valence-electron chi connectivity index (χ1n) is 8.44. The van der Waals surface area contributed by atoms with Crippen LogP contribution < -0.4 is 0 Å². The van der Waals surface area contributed by atoms with Crippen molar-refractivity contribution >= 4 is 12.3 Å². The molecule has 0 N–H and O–H groups in total. The Morgan fingerprint density at radius 2 is 1.65 bits per heavy atom. The fourth-order valence-electron chi connectivity index (χ4n) is 3.32. The molecule has 132 valence electrons. The Morgan fingerprint density at radius 3 is 2.23 bits per heavy atom. The van der Waals surface area contributed by atoms with Gasteiger partial charge in [0.1, 0.15) is 6.29 Å². The molecule has 0 aliphatic rings. The predicted octanol–water partition coefficient (Wildman–Crippen LogP) is 4.42. The van der Waals surface area contributed by atoms with E-state index < -0.39 is 0 Å². The number of carbonyl (C=O) groups is 2. The van der Waals surface area contributed by atoms with Crippen LogP contribution in [0.1, 0.15) is 37.7 Å². The van der Waals surface area contributed by atoms with E-state index in [-0.39, 0.29) is 5.97 Å². The second kappa shape index (κ2) is 7.40. The van der Waals surface area contributed by atoms with Crippen LogP contribution in [0.5, 0.6) is 0 Å². The van der Waals surface area contributed by atoms with Crippen molar-refractivity contribution in [3.8, 4) is 11.1 Å². The van der Waals surface area contributed by atoms with E-state index in [0.717, 1.165) is 34.4 Å². The summed E-state index contributed by atoms with van der Waals surface area (Å²) >= 11 is 0. The van der Waals surface area contributed by atoms with E-state index >= 15 is 0 Å². The van der Waals surface area contributed by atoms with Gasteiger partial charge in [0.05, 0.1) is 12.7 Å².